The third-order valence-corrected chi connectivity index (χ3v) is 4.64. The number of nitrogens with zero attached hydrogens (tertiary/aromatic N) is 3. The topological polar surface area (TPSA) is 78.2 Å². The van der Waals surface area contributed by atoms with Crippen LogP contribution in [-0.4, -0.2) is 21.1 Å². The number of thioether (sulfide) groups is 1. The molecule has 128 valence electrons. The van der Waals surface area contributed by atoms with Gasteiger partial charge in [-0.05, 0) is 46.5 Å². The summed E-state index contributed by atoms with van der Waals surface area (Å²) in [5.74, 6) is -0.209. The van der Waals surface area contributed by atoms with Gasteiger partial charge in [0.15, 0.2) is 0 Å². The summed E-state index contributed by atoms with van der Waals surface area (Å²) in [5, 5.41) is 12.4. The summed E-state index contributed by atoms with van der Waals surface area (Å²) in [4.78, 5) is 19.9. The Bertz CT molecular complexity index is 965. The molecule has 2 aromatic heterocycles. The van der Waals surface area contributed by atoms with Gasteiger partial charge in [0.25, 0.3) is 0 Å². The quantitative estimate of drug-likeness (QED) is 0.276. The van der Waals surface area contributed by atoms with E-state index in [0.717, 1.165) is 15.8 Å². The van der Waals surface area contributed by atoms with Crippen molar-refractivity contribution in [3.05, 3.63) is 62.9 Å². The lowest BCUT2D eigenvalue weighted by Gasteiger charge is -2.09. The maximum absolute atomic E-state index is 11.1. The fourth-order valence-electron chi connectivity index (χ4n) is 2.32. The Hall–Kier alpha value is -2.38. The highest BCUT2D eigenvalue weighted by Gasteiger charge is 2.18. The molecule has 0 bridgehead atoms. The number of aryl methyl sites for hydroxylation is 1. The molecule has 0 aliphatic heterocycles. The summed E-state index contributed by atoms with van der Waals surface area (Å²) >= 11 is 7.87. The molecular formula is C17H14ClN3O3S. The van der Waals surface area contributed by atoms with E-state index in [1.54, 1.807) is 24.8 Å². The molecule has 0 fully saturated rings. The Labute approximate surface area is 153 Å². The summed E-state index contributed by atoms with van der Waals surface area (Å²) in [6, 6.07) is 11.0. The second-order valence-electron chi connectivity index (χ2n) is 5.32. The molecule has 25 heavy (non-hydrogen) atoms. The minimum absolute atomic E-state index is 0.0671. The first-order chi connectivity index (χ1) is 12.0. The van der Waals surface area contributed by atoms with Crippen molar-refractivity contribution in [2.45, 2.75) is 18.4 Å². The van der Waals surface area contributed by atoms with Crippen LogP contribution >= 0.6 is 23.4 Å². The summed E-state index contributed by atoms with van der Waals surface area (Å²) in [5.41, 5.74) is 2.00. The minimum atomic E-state index is -0.563. The zero-order valence-electron chi connectivity index (χ0n) is 13.5. The number of benzene rings is 1. The van der Waals surface area contributed by atoms with E-state index >= 15 is 0 Å². The predicted octanol–water partition coefficient (Wildman–Crippen LogP) is 4.80. The Balaban J connectivity index is 1.89. The van der Waals surface area contributed by atoms with Gasteiger partial charge in [-0.2, -0.15) is 0 Å². The first-order valence-electron chi connectivity index (χ1n) is 7.36. The van der Waals surface area contributed by atoms with E-state index in [-0.39, 0.29) is 18.2 Å². The average Bonchev–Trinajstić information content (AvgIpc) is 2.60. The van der Waals surface area contributed by atoms with Gasteiger partial charge in [-0.25, -0.2) is 4.98 Å². The van der Waals surface area contributed by atoms with Crippen molar-refractivity contribution in [2.24, 2.45) is 0 Å². The summed E-state index contributed by atoms with van der Waals surface area (Å²) in [7, 11) is 0. The van der Waals surface area contributed by atoms with Crippen molar-refractivity contribution in [2.75, 3.05) is 6.26 Å². The first-order valence-corrected chi connectivity index (χ1v) is 8.96. The molecule has 2 heterocycles. The largest absolute Gasteiger partial charge is 0.481 e. The van der Waals surface area contributed by atoms with E-state index in [9.17, 15) is 10.1 Å². The van der Waals surface area contributed by atoms with Gasteiger partial charge in [-0.1, -0.05) is 17.7 Å². The monoisotopic (exact) mass is 375 g/mol. The highest BCUT2D eigenvalue weighted by Crippen LogP contribution is 2.28. The molecule has 8 heteroatoms. The fourth-order valence-corrected chi connectivity index (χ4v) is 2.96. The van der Waals surface area contributed by atoms with Gasteiger partial charge >= 0.3 is 5.82 Å². The second kappa shape index (κ2) is 7.25. The number of ether oxygens (including phenoxy) is 1. The Morgan fingerprint density at radius 1 is 1.24 bits per heavy atom. The van der Waals surface area contributed by atoms with Crippen molar-refractivity contribution < 1.29 is 9.66 Å². The standard InChI is InChI=1S/C17H14ClN3O3S/c1-10-3-6-15(17(19-10)21(22)23)24-9-12-7-11-4-5-13(25-2)8-14(11)20-16(12)18/h3-8H,9H2,1-2H3. The highest BCUT2D eigenvalue weighted by molar-refractivity contribution is 7.98. The zero-order chi connectivity index (χ0) is 18.0. The molecule has 0 unspecified atom stereocenters. The second-order valence-corrected chi connectivity index (χ2v) is 6.55. The van der Waals surface area contributed by atoms with Crippen molar-refractivity contribution in [1.82, 2.24) is 9.97 Å². The molecule has 3 rings (SSSR count). The van der Waals surface area contributed by atoms with E-state index in [0.29, 0.717) is 16.4 Å². The Kier molecular flexibility index (Phi) is 5.06. The third-order valence-electron chi connectivity index (χ3n) is 3.59. The normalized spacial score (nSPS) is 10.8. The molecule has 0 aliphatic rings. The van der Waals surface area contributed by atoms with Crippen LogP contribution < -0.4 is 4.74 Å². The van der Waals surface area contributed by atoms with Crippen LogP contribution in [0.5, 0.6) is 5.75 Å². The van der Waals surface area contributed by atoms with Crippen LogP contribution in [0.2, 0.25) is 5.15 Å². The molecule has 0 saturated carbocycles. The lowest BCUT2D eigenvalue weighted by Crippen LogP contribution is -2.03. The minimum Gasteiger partial charge on any atom is -0.481 e. The van der Waals surface area contributed by atoms with Crippen molar-refractivity contribution in [1.29, 1.82) is 0 Å². The molecule has 0 spiro atoms. The summed E-state index contributed by atoms with van der Waals surface area (Å²) in [6.45, 7) is 1.75. The van der Waals surface area contributed by atoms with E-state index in [1.165, 1.54) is 6.07 Å². The molecule has 0 saturated heterocycles. The average molecular weight is 376 g/mol. The van der Waals surface area contributed by atoms with Crippen LogP contribution in [0.3, 0.4) is 0 Å². The molecule has 1 aromatic carbocycles. The Morgan fingerprint density at radius 3 is 2.76 bits per heavy atom. The lowest BCUT2D eigenvalue weighted by molar-refractivity contribution is -0.390. The van der Waals surface area contributed by atoms with Gasteiger partial charge in [0.05, 0.1) is 5.52 Å². The maximum Gasteiger partial charge on any atom is 0.406 e. The van der Waals surface area contributed by atoms with Crippen LogP contribution in [0.15, 0.2) is 41.3 Å². The third kappa shape index (κ3) is 3.83. The molecule has 3 aromatic rings. The van der Waals surface area contributed by atoms with Gasteiger partial charge in [-0.15, -0.1) is 11.8 Å². The van der Waals surface area contributed by atoms with Crippen LogP contribution in [0.1, 0.15) is 11.3 Å². The highest BCUT2D eigenvalue weighted by atomic mass is 35.5. The number of hydrogen-bond donors (Lipinski definition) is 0. The van der Waals surface area contributed by atoms with Crippen LogP contribution in [-0.2, 0) is 6.61 Å². The van der Waals surface area contributed by atoms with Gasteiger partial charge < -0.3 is 14.9 Å². The summed E-state index contributed by atoms with van der Waals surface area (Å²) in [6.07, 6.45) is 1.99. The van der Waals surface area contributed by atoms with Crippen molar-refractivity contribution in [3.63, 3.8) is 0 Å². The molecule has 0 radical (unpaired) electrons. The number of pyridine rings is 2. The number of hydrogen-bond acceptors (Lipinski definition) is 6. The number of halogens is 1. The van der Waals surface area contributed by atoms with Crippen LogP contribution in [0.4, 0.5) is 5.82 Å². The van der Waals surface area contributed by atoms with Crippen molar-refractivity contribution in [3.8, 4) is 5.75 Å². The van der Waals surface area contributed by atoms with Gasteiger partial charge in [0.1, 0.15) is 17.5 Å². The van der Waals surface area contributed by atoms with Gasteiger partial charge in [-0.3, -0.25) is 0 Å². The van der Waals surface area contributed by atoms with E-state index < -0.39 is 4.92 Å². The fraction of sp³-hybridized carbons (Fsp3) is 0.176. The maximum atomic E-state index is 11.1. The molecule has 0 amide bonds. The predicted molar refractivity (Wildman–Crippen MR) is 98.5 cm³/mol. The lowest BCUT2D eigenvalue weighted by atomic mass is 10.1. The van der Waals surface area contributed by atoms with E-state index in [1.807, 2.05) is 30.5 Å². The van der Waals surface area contributed by atoms with Gasteiger partial charge in [0.2, 0.25) is 5.75 Å². The molecule has 6 nitrogen and oxygen atoms in total. The number of aromatic nitrogens is 2. The first kappa shape index (κ1) is 17.4. The molecule has 0 atom stereocenters. The Morgan fingerprint density at radius 2 is 2.04 bits per heavy atom. The molecule has 0 N–H and O–H groups in total. The van der Waals surface area contributed by atoms with E-state index in [2.05, 4.69) is 9.97 Å². The SMILES string of the molecule is CSc1ccc2cc(COc3ccc(C)nc3[N+](=O)[O-])c(Cl)nc2c1. The number of rotatable bonds is 5. The van der Waals surface area contributed by atoms with Crippen LogP contribution in [0, 0.1) is 17.0 Å². The van der Waals surface area contributed by atoms with Gasteiger partial charge in [0, 0.05) is 22.8 Å². The van der Waals surface area contributed by atoms with Crippen LogP contribution in [0.25, 0.3) is 10.9 Å². The van der Waals surface area contributed by atoms with Crippen molar-refractivity contribution >= 4 is 40.1 Å². The molecular weight excluding hydrogens is 362 g/mol. The molecule has 0 aliphatic carbocycles. The number of nitro groups is 1. The van der Waals surface area contributed by atoms with E-state index in [4.69, 9.17) is 16.3 Å². The summed E-state index contributed by atoms with van der Waals surface area (Å²) < 4.78 is 5.58. The smallest absolute Gasteiger partial charge is 0.406 e. The number of fused-ring (bicyclic) bond motifs is 1. The zero-order valence-corrected chi connectivity index (χ0v) is 15.1.